The molecule has 1 saturated carbocycles. The summed E-state index contributed by atoms with van der Waals surface area (Å²) in [5.41, 5.74) is 0.421. The zero-order chi connectivity index (χ0) is 12.6. The average Bonchev–Trinajstić information content (AvgIpc) is 2.37. The summed E-state index contributed by atoms with van der Waals surface area (Å²) >= 11 is 0. The zero-order valence-corrected chi connectivity index (χ0v) is 10.5. The van der Waals surface area contributed by atoms with E-state index in [0.717, 1.165) is 30.6 Å². The second-order valence-corrected chi connectivity index (χ2v) is 4.93. The fraction of sp³-hybridized carbons (Fsp3) is 0.571. The number of methoxy groups -OCH3 is 1. The third-order valence-corrected chi connectivity index (χ3v) is 3.99. The SMILES string of the molecule is COC1(C(O)c2ccc3c(c2)OCCO3)CCC1. The van der Waals surface area contributed by atoms with Crippen LogP contribution in [-0.4, -0.2) is 31.0 Å². The first kappa shape index (κ1) is 11.8. The molecular weight excluding hydrogens is 232 g/mol. The predicted octanol–water partition coefficient (Wildman–Crippen LogP) is 2.06. The summed E-state index contributed by atoms with van der Waals surface area (Å²) < 4.78 is 16.5. The minimum absolute atomic E-state index is 0.413. The summed E-state index contributed by atoms with van der Waals surface area (Å²) in [6.45, 7) is 1.14. The molecule has 0 bridgehead atoms. The molecule has 1 unspecified atom stereocenters. The molecule has 1 fully saturated rings. The fourth-order valence-corrected chi connectivity index (χ4v) is 2.65. The molecule has 2 aliphatic rings. The van der Waals surface area contributed by atoms with Crippen molar-refractivity contribution in [2.45, 2.75) is 31.0 Å². The van der Waals surface area contributed by atoms with E-state index >= 15 is 0 Å². The van der Waals surface area contributed by atoms with Gasteiger partial charge in [-0.25, -0.2) is 0 Å². The Bertz CT molecular complexity index is 434. The van der Waals surface area contributed by atoms with Crippen LogP contribution in [0.3, 0.4) is 0 Å². The summed E-state index contributed by atoms with van der Waals surface area (Å²) in [6, 6.07) is 5.60. The first-order valence-corrected chi connectivity index (χ1v) is 6.38. The average molecular weight is 250 g/mol. The lowest BCUT2D eigenvalue weighted by atomic mass is 9.73. The predicted molar refractivity (Wildman–Crippen MR) is 66.0 cm³/mol. The van der Waals surface area contributed by atoms with Crippen molar-refractivity contribution in [2.75, 3.05) is 20.3 Å². The summed E-state index contributed by atoms with van der Waals surface area (Å²) in [4.78, 5) is 0. The van der Waals surface area contributed by atoms with E-state index in [0.29, 0.717) is 19.0 Å². The second kappa shape index (κ2) is 4.44. The standard InChI is InChI=1S/C14H18O4/c1-16-14(5-2-6-14)13(15)10-3-4-11-12(9-10)18-8-7-17-11/h3-4,9,13,15H,2,5-8H2,1H3. The van der Waals surface area contributed by atoms with Gasteiger partial charge in [-0.05, 0) is 37.0 Å². The molecule has 1 aromatic carbocycles. The number of fused-ring (bicyclic) bond motifs is 1. The van der Waals surface area contributed by atoms with E-state index in [4.69, 9.17) is 14.2 Å². The van der Waals surface area contributed by atoms with Crippen LogP contribution in [0.2, 0.25) is 0 Å². The van der Waals surface area contributed by atoms with Crippen molar-refractivity contribution in [3.05, 3.63) is 23.8 Å². The van der Waals surface area contributed by atoms with Gasteiger partial charge in [0.15, 0.2) is 11.5 Å². The number of hydrogen-bond acceptors (Lipinski definition) is 4. The molecular formula is C14H18O4. The van der Waals surface area contributed by atoms with Gasteiger partial charge in [-0.15, -0.1) is 0 Å². The highest BCUT2D eigenvalue weighted by atomic mass is 16.6. The highest BCUT2D eigenvalue weighted by molar-refractivity contribution is 5.45. The maximum absolute atomic E-state index is 10.5. The van der Waals surface area contributed by atoms with E-state index in [-0.39, 0.29) is 0 Å². The molecule has 1 aliphatic carbocycles. The van der Waals surface area contributed by atoms with Crippen LogP contribution in [0.4, 0.5) is 0 Å². The Kier molecular flexibility index (Phi) is 2.92. The maximum atomic E-state index is 10.5. The van der Waals surface area contributed by atoms with Gasteiger partial charge < -0.3 is 19.3 Å². The van der Waals surface area contributed by atoms with Crippen molar-refractivity contribution in [3.63, 3.8) is 0 Å². The van der Waals surface area contributed by atoms with E-state index in [9.17, 15) is 5.11 Å². The molecule has 1 aliphatic heterocycles. The summed E-state index contributed by atoms with van der Waals surface area (Å²) in [6.07, 6.45) is 2.31. The monoisotopic (exact) mass is 250 g/mol. The fourth-order valence-electron chi connectivity index (χ4n) is 2.65. The molecule has 4 nitrogen and oxygen atoms in total. The van der Waals surface area contributed by atoms with Gasteiger partial charge in [0.25, 0.3) is 0 Å². The van der Waals surface area contributed by atoms with Gasteiger partial charge in [-0.3, -0.25) is 0 Å². The summed E-state index contributed by atoms with van der Waals surface area (Å²) in [7, 11) is 1.67. The Labute approximate surface area is 106 Å². The molecule has 0 saturated heterocycles. The van der Waals surface area contributed by atoms with Crippen molar-refractivity contribution in [1.29, 1.82) is 0 Å². The number of rotatable bonds is 3. The smallest absolute Gasteiger partial charge is 0.161 e. The molecule has 0 amide bonds. The molecule has 4 heteroatoms. The van der Waals surface area contributed by atoms with Gasteiger partial charge >= 0.3 is 0 Å². The number of aliphatic hydroxyl groups is 1. The highest BCUT2D eigenvalue weighted by Crippen LogP contribution is 2.46. The molecule has 1 N–H and O–H groups in total. The lowest BCUT2D eigenvalue weighted by Gasteiger charge is -2.44. The minimum Gasteiger partial charge on any atom is -0.486 e. The van der Waals surface area contributed by atoms with Crippen LogP contribution < -0.4 is 9.47 Å². The number of ether oxygens (including phenoxy) is 3. The van der Waals surface area contributed by atoms with Gasteiger partial charge in [-0.2, -0.15) is 0 Å². The van der Waals surface area contributed by atoms with E-state index in [2.05, 4.69) is 0 Å². The van der Waals surface area contributed by atoms with Gasteiger partial charge in [0.1, 0.15) is 19.3 Å². The Morgan fingerprint density at radius 3 is 2.56 bits per heavy atom. The molecule has 0 spiro atoms. The molecule has 98 valence electrons. The molecule has 18 heavy (non-hydrogen) atoms. The van der Waals surface area contributed by atoms with Crippen molar-refractivity contribution in [2.24, 2.45) is 0 Å². The lowest BCUT2D eigenvalue weighted by Crippen LogP contribution is -2.45. The van der Waals surface area contributed by atoms with E-state index in [1.807, 2.05) is 18.2 Å². The van der Waals surface area contributed by atoms with Gasteiger partial charge in [0, 0.05) is 7.11 Å². The topological polar surface area (TPSA) is 47.9 Å². The highest BCUT2D eigenvalue weighted by Gasteiger charge is 2.44. The summed E-state index contributed by atoms with van der Waals surface area (Å²) in [5, 5.41) is 10.5. The van der Waals surface area contributed by atoms with Crippen LogP contribution >= 0.6 is 0 Å². The molecule has 0 radical (unpaired) electrons. The van der Waals surface area contributed by atoms with E-state index < -0.39 is 11.7 Å². The number of aliphatic hydroxyl groups excluding tert-OH is 1. The molecule has 1 atom stereocenters. The van der Waals surface area contributed by atoms with Crippen molar-refractivity contribution in [1.82, 2.24) is 0 Å². The van der Waals surface area contributed by atoms with Crippen molar-refractivity contribution in [3.8, 4) is 11.5 Å². The van der Waals surface area contributed by atoms with Gasteiger partial charge in [0.05, 0.1) is 5.60 Å². The van der Waals surface area contributed by atoms with Crippen molar-refractivity contribution < 1.29 is 19.3 Å². The van der Waals surface area contributed by atoms with Gasteiger partial charge in [-0.1, -0.05) is 6.07 Å². The van der Waals surface area contributed by atoms with Gasteiger partial charge in [0.2, 0.25) is 0 Å². The summed E-state index contributed by atoms with van der Waals surface area (Å²) in [5.74, 6) is 1.46. The Morgan fingerprint density at radius 2 is 1.94 bits per heavy atom. The third-order valence-electron chi connectivity index (χ3n) is 3.99. The molecule has 0 aromatic heterocycles. The second-order valence-electron chi connectivity index (χ2n) is 4.93. The molecule has 3 rings (SSSR count). The Morgan fingerprint density at radius 1 is 1.22 bits per heavy atom. The Hall–Kier alpha value is -1.26. The normalized spacial score (nSPS) is 22.1. The number of hydrogen-bond donors (Lipinski definition) is 1. The third kappa shape index (κ3) is 1.76. The maximum Gasteiger partial charge on any atom is 0.161 e. The quantitative estimate of drug-likeness (QED) is 0.892. The van der Waals surface area contributed by atoms with Crippen LogP contribution in [0.5, 0.6) is 11.5 Å². The van der Waals surface area contributed by atoms with Crippen LogP contribution in [0.1, 0.15) is 30.9 Å². The van der Waals surface area contributed by atoms with Crippen LogP contribution in [-0.2, 0) is 4.74 Å². The first-order valence-electron chi connectivity index (χ1n) is 6.38. The molecule has 1 heterocycles. The first-order chi connectivity index (χ1) is 8.75. The minimum atomic E-state index is -0.605. The van der Waals surface area contributed by atoms with E-state index in [1.165, 1.54) is 0 Å². The van der Waals surface area contributed by atoms with Crippen molar-refractivity contribution >= 4 is 0 Å². The van der Waals surface area contributed by atoms with Crippen LogP contribution in [0.25, 0.3) is 0 Å². The zero-order valence-electron chi connectivity index (χ0n) is 10.5. The molecule has 1 aromatic rings. The number of benzene rings is 1. The van der Waals surface area contributed by atoms with E-state index in [1.54, 1.807) is 7.11 Å². The lowest BCUT2D eigenvalue weighted by molar-refractivity contribution is -0.151. The van der Waals surface area contributed by atoms with Crippen LogP contribution in [0.15, 0.2) is 18.2 Å². The largest absolute Gasteiger partial charge is 0.486 e. The Balaban J connectivity index is 1.87. The van der Waals surface area contributed by atoms with Crippen LogP contribution in [0, 0.1) is 0 Å².